The molecule has 0 amide bonds. The van der Waals surface area contributed by atoms with Crippen LogP contribution in [-0.2, 0) is 15.7 Å². The van der Waals surface area contributed by atoms with Crippen LogP contribution in [0.1, 0.15) is 36.8 Å². The first kappa shape index (κ1) is 21.7. The van der Waals surface area contributed by atoms with Gasteiger partial charge in [0.25, 0.3) is 0 Å². The summed E-state index contributed by atoms with van der Waals surface area (Å²) in [7, 11) is 0. The van der Waals surface area contributed by atoms with Crippen LogP contribution in [0.2, 0.25) is 0 Å². The summed E-state index contributed by atoms with van der Waals surface area (Å²) in [6, 6.07) is 5.22. The summed E-state index contributed by atoms with van der Waals surface area (Å²) >= 11 is 0. The average Bonchev–Trinajstić information content (AvgIpc) is 3.45. The Balaban J connectivity index is 1.56. The van der Waals surface area contributed by atoms with E-state index in [2.05, 4.69) is 0 Å². The molecular formula is C24H22F3N3O3. The number of aliphatic carboxylic acids is 1. The van der Waals surface area contributed by atoms with Gasteiger partial charge in [0.2, 0.25) is 0 Å². The van der Waals surface area contributed by atoms with Gasteiger partial charge in [-0.3, -0.25) is 5.01 Å². The molecule has 5 rings (SSSR count). The predicted molar refractivity (Wildman–Crippen MR) is 113 cm³/mol. The van der Waals surface area contributed by atoms with Crippen LogP contribution in [0.15, 0.2) is 47.1 Å². The summed E-state index contributed by atoms with van der Waals surface area (Å²) in [5, 5.41) is 25.0. The monoisotopic (exact) mass is 457 g/mol. The summed E-state index contributed by atoms with van der Waals surface area (Å²) < 4.78 is 46.9. The third-order valence-corrected chi connectivity index (χ3v) is 7.11. The molecule has 2 aliphatic heterocycles. The molecule has 1 N–H and O–H groups in total. The maximum Gasteiger partial charge on any atom is 0.417 e. The van der Waals surface area contributed by atoms with E-state index >= 15 is 0 Å². The van der Waals surface area contributed by atoms with Gasteiger partial charge in [-0.1, -0.05) is 25.0 Å². The highest BCUT2D eigenvalue weighted by Gasteiger charge is 2.50. The Morgan fingerprint density at radius 1 is 1.27 bits per heavy atom. The molecule has 0 radical (unpaired) electrons. The molecule has 2 fully saturated rings. The molecular weight excluding hydrogens is 435 g/mol. The maximum absolute atomic E-state index is 13.6. The third kappa shape index (κ3) is 3.72. The first-order valence-electron chi connectivity index (χ1n) is 11.0. The second-order valence-corrected chi connectivity index (χ2v) is 8.96. The van der Waals surface area contributed by atoms with Gasteiger partial charge < -0.3 is 9.84 Å². The molecule has 33 heavy (non-hydrogen) atoms. The lowest BCUT2D eigenvalue weighted by atomic mass is 9.76. The van der Waals surface area contributed by atoms with Gasteiger partial charge in [0, 0.05) is 11.8 Å². The highest BCUT2D eigenvalue weighted by molar-refractivity contribution is 5.98. The van der Waals surface area contributed by atoms with Crippen LogP contribution in [0.4, 0.5) is 18.9 Å². The zero-order valence-electron chi connectivity index (χ0n) is 17.6. The van der Waals surface area contributed by atoms with E-state index < -0.39 is 29.4 Å². The maximum atomic E-state index is 13.6. The predicted octanol–water partition coefficient (Wildman–Crippen LogP) is 4.52. The van der Waals surface area contributed by atoms with Crippen molar-refractivity contribution in [1.29, 1.82) is 5.26 Å². The van der Waals surface area contributed by atoms with Crippen LogP contribution >= 0.6 is 0 Å². The Labute approximate surface area is 188 Å². The van der Waals surface area contributed by atoms with E-state index in [0.29, 0.717) is 12.3 Å². The molecule has 4 unspecified atom stereocenters. The van der Waals surface area contributed by atoms with Crippen LogP contribution in [-0.4, -0.2) is 35.5 Å². The number of anilines is 1. The topological polar surface area (TPSA) is 85.9 Å². The normalized spacial score (nSPS) is 29.2. The Morgan fingerprint density at radius 2 is 2.03 bits per heavy atom. The molecule has 0 bridgehead atoms. The number of carboxylic acids is 1. The van der Waals surface area contributed by atoms with Crippen molar-refractivity contribution >= 4 is 17.4 Å². The van der Waals surface area contributed by atoms with Gasteiger partial charge in [0.05, 0.1) is 52.9 Å². The molecule has 4 atom stereocenters. The molecule has 1 saturated heterocycles. The van der Waals surface area contributed by atoms with E-state index in [1.54, 1.807) is 23.2 Å². The van der Waals surface area contributed by atoms with Gasteiger partial charge in [-0.05, 0) is 43.0 Å². The molecule has 0 aromatic heterocycles. The second kappa shape index (κ2) is 8.03. The van der Waals surface area contributed by atoms with Crippen LogP contribution < -0.4 is 5.01 Å². The fourth-order valence-corrected chi connectivity index (χ4v) is 5.60. The minimum atomic E-state index is -4.65. The van der Waals surface area contributed by atoms with Crippen molar-refractivity contribution in [2.45, 2.75) is 44.0 Å². The number of hydrogen-bond acceptors (Lipinski definition) is 5. The number of carboxylic acid groups (broad SMARTS) is 1. The van der Waals surface area contributed by atoms with Crippen molar-refractivity contribution in [2.24, 2.45) is 22.9 Å². The molecule has 6 nitrogen and oxygen atoms in total. The van der Waals surface area contributed by atoms with Gasteiger partial charge in [-0.2, -0.15) is 23.5 Å². The van der Waals surface area contributed by atoms with Crippen molar-refractivity contribution in [3.05, 3.63) is 53.1 Å². The Hall–Kier alpha value is -3.12. The van der Waals surface area contributed by atoms with Gasteiger partial charge in [0.1, 0.15) is 0 Å². The quantitative estimate of drug-likeness (QED) is 0.721. The van der Waals surface area contributed by atoms with Gasteiger partial charge in [0.15, 0.2) is 0 Å². The van der Waals surface area contributed by atoms with Crippen molar-refractivity contribution in [2.75, 3.05) is 11.6 Å². The highest BCUT2D eigenvalue weighted by atomic mass is 19.4. The van der Waals surface area contributed by atoms with Gasteiger partial charge in [-0.25, -0.2) is 4.79 Å². The Bertz CT molecular complexity index is 1110. The number of carbonyl (C=O) groups is 1. The van der Waals surface area contributed by atoms with E-state index in [1.807, 2.05) is 0 Å². The van der Waals surface area contributed by atoms with Gasteiger partial charge in [-0.15, -0.1) is 0 Å². The molecule has 1 saturated carbocycles. The van der Waals surface area contributed by atoms with Crippen molar-refractivity contribution in [3.8, 4) is 6.07 Å². The number of ether oxygens (including phenoxy) is 1. The Morgan fingerprint density at radius 3 is 2.70 bits per heavy atom. The van der Waals surface area contributed by atoms with Crippen molar-refractivity contribution in [3.63, 3.8) is 0 Å². The molecule has 2 aliphatic carbocycles. The lowest BCUT2D eigenvalue weighted by Gasteiger charge is -2.38. The third-order valence-electron chi connectivity index (χ3n) is 7.11. The van der Waals surface area contributed by atoms with E-state index in [-0.39, 0.29) is 29.4 Å². The average molecular weight is 457 g/mol. The first-order chi connectivity index (χ1) is 15.8. The number of rotatable bonds is 3. The summed E-state index contributed by atoms with van der Waals surface area (Å²) in [5.74, 6) is -1.13. The number of hydrazone groups is 1. The zero-order chi connectivity index (χ0) is 23.3. The lowest BCUT2D eigenvalue weighted by Crippen LogP contribution is -2.48. The van der Waals surface area contributed by atoms with E-state index in [4.69, 9.17) is 15.1 Å². The zero-order valence-corrected chi connectivity index (χ0v) is 17.6. The van der Waals surface area contributed by atoms with Crippen LogP contribution in [0.3, 0.4) is 0 Å². The molecule has 1 aromatic rings. The van der Waals surface area contributed by atoms with Crippen LogP contribution in [0.25, 0.3) is 0 Å². The fourth-order valence-electron chi connectivity index (χ4n) is 5.60. The summed E-state index contributed by atoms with van der Waals surface area (Å²) in [4.78, 5) is 11.4. The molecule has 4 aliphatic rings. The van der Waals surface area contributed by atoms with Crippen molar-refractivity contribution in [1.82, 2.24) is 0 Å². The number of nitrogens with zero attached hydrogens (tertiary/aromatic N) is 3. The van der Waals surface area contributed by atoms with Crippen LogP contribution in [0, 0.1) is 29.1 Å². The minimum Gasteiger partial charge on any atom is -0.478 e. The second-order valence-electron chi connectivity index (χ2n) is 8.96. The SMILES string of the molecule is N#Cc1ccc(N2N=C3C4C=CC(C(=O)O)=CC4OCC3C2C2CCCC2)cc1C(F)(F)F. The first-order valence-corrected chi connectivity index (χ1v) is 11.0. The fraction of sp³-hybridized carbons (Fsp3) is 0.458. The van der Waals surface area contributed by atoms with E-state index in [9.17, 15) is 23.1 Å². The largest absolute Gasteiger partial charge is 0.478 e. The Kier molecular flexibility index (Phi) is 5.28. The number of nitriles is 1. The minimum absolute atomic E-state index is 0.0937. The number of alkyl halides is 3. The molecule has 1 aromatic carbocycles. The standard InChI is InChI=1S/C24H22F3N3O3/c25-24(26,27)19-10-16(7-5-15(19)11-28)30-22(13-3-1-2-4-13)18-12-33-20-9-14(23(31)32)6-8-17(20)21(18)29-30/h5-10,13,17-18,20,22H,1-4,12H2,(H,31,32). The van der Waals surface area contributed by atoms with Crippen LogP contribution in [0.5, 0.6) is 0 Å². The summed E-state index contributed by atoms with van der Waals surface area (Å²) in [5.41, 5.74) is -0.114. The smallest absolute Gasteiger partial charge is 0.417 e. The molecule has 9 heteroatoms. The lowest BCUT2D eigenvalue weighted by molar-refractivity contribution is -0.137. The highest BCUT2D eigenvalue weighted by Crippen LogP contribution is 2.45. The molecule has 2 heterocycles. The number of benzene rings is 1. The molecule has 0 spiro atoms. The number of fused-ring (bicyclic) bond motifs is 3. The molecule has 172 valence electrons. The summed E-state index contributed by atoms with van der Waals surface area (Å²) in [6.07, 6.45) is 3.83. The van der Waals surface area contributed by atoms with E-state index in [1.165, 1.54) is 18.2 Å². The number of halogens is 3. The summed E-state index contributed by atoms with van der Waals surface area (Å²) in [6.45, 7) is 0.331. The van der Waals surface area contributed by atoms with Gasteiger partial charge >= 0.3 is 12.1 Å². The van der Waals surface area contributed by atoms with Crippen molar-refractivity contribution < 1.29 is 27.8 Å². The number of hydrogen-bond donors (Lipinski definition) is 1. The van der Waals surface area contributed by atoms with E-state index in [0.717, 1.165) is 37.5 Å².